The molecular weight excluding hydrogens is 619 g/mol. The molecule has 3 heterocycles. The van der Waals surface area contributed by atoms with Gasteiger partial charge in [-0.25, -0.2) is 24.9 Å². The first-order chi connectivity index (χ1) is 28.0. The fourth-order valence-electron chi connectivity index (χ4n) is 5.64. The second-order valence-electron chi connectivity index (χ2n) is 11.1. The van der Waals surface area contributed by atoms with E-state index in [0.29, 0.717) is 23.0 Å². The largest absolute Gasteiger partial charge is 0.226 e. The Hall–Kier alpha value is -6.37. The molecule has 0 aliphatic carbocycles. The Kier molecular flexibility index (Phi) is 5.23. The molecule has 0 radical (unpaired) electrons. The summed E-state index contributed by atoms with van der Waals surface area (Å²) in [6.45, 7) is 0. The third kappa shape index (κ3) is 5.54. The molecule has 0 amide bonds. The monoisotopic (exact) mass is 654 g/mol. The number of hydrogen-bond acceptors (Lipinski definition) is 6. The summed E-state index contributed by atoms with van der Waals surface area (Å²) >= 11 is 0.994. The lowest BCUT2D eigenvalue weighted by Crippen LogP contribution is -2.00. The molecular formula is C43H27N5S. The molecule has 5 nitrogen and oxygen atoms in total. The van der Waals surface area contributed by atoms with Crippen molar-refractivity contribution in [1.29, 1.82) is 0 Å². The van der Waals surface area contributed by atoms with E-state index in [9.17, 15) is 0 Å². The maximum Gasteiger partial charge on any atom is 0.164 e. The third-order valence-corrected chi connectivity index (χ3v) is 9.07. The van der Waals surface area contributed by atoms with Gasteiger partial charge in [0.1, 0.15) is 0 Å². The molecule has 0 bridgehead atoms. The van der Waals surface area contributed by atoms with Crippen molar-refractivity contribution in [2.24, 2.45) is 0 Å². The number of nitrogens with zero attached hydrogens (tertiary/aromatic N) is 5. The lowest BCUT2D eigenvalue weighted by molar-refractivity contribution is 1.07. The highest BCUT2D eigenvalue weighted by atomic mass is 32.1. The van der Waals surface area contributed by atoms with Crippen molar-refractivity contribution in [3.8, 4) is 67.9 Å². The smallest absolute Gasteiger partial charge is 0.164 e. The van der Waals surface area contributed by atoms with Crippen LogP contribution in [0.15, 0.2) is 164 Å². The molecule has 6 aromatic carbocycles. The van der Waals surface area contributed by atoms with Gasteiger partial charge in [-0.1, -0.05) is 145 Å². The van der Waals surface area contributed by atoms with Crippen LogP contribution >= 0.6 is 11.3 Å². The Bertz CT molecular complexity index is 3040. The van der Waals surface area contributed by atoms with Gasteiger partial charge in [0.05, 0.1) is 28.2 Å². The lowest BCUT2D eigenvalue weighted by Gasteiger charge is -2.11. The summed E-state index contributed by atoms with van der Waals surface area (Å²) in [5.74, 6) is 1.68. The number of fused-ring (bicyclic) bond motifs is 3. The third-order valence-electron chi connectivity index (χ3n) is 7.97. The van der Waals surface area contributed by atoms with E-state index >= 15 is 0 Å². The van der Waals surface area contributed by atoms with E-state index in [2.05, 4.69) is 0 Å². The molecule has 0 spiro atoms. The number of hydrogen-bond donors (Lipinski definition) is 0. The zero-order chi connectivity index (χ0) is 40.4. The van der Waals surface area contributed by atoms with Crippen molar-refractivity contribution in [1.82, 2.24) is 24.9 Å². The van der Waals surface area contributed by atoms with Gasteiger partial charge in [0.15, 0.2) is 23.3 Å². The summed E-state index contributed by atoms with van der Waals surface area (Å²) in [5, 5.41) is 0.161. The number of rotatable bonds is 6. The lowest BCUT2D eigenvalue weighted by atomic mass is 10.00. The van der Waals surface area contributed by atoms with Crippen LogP contribution in [0.1, 0.15) is 12.3 Å². The first-order valence-corrected chi connectivity index (χ1v) is 16.2. The average molecular weight is 655 g/mol. The Morgan fingerprint density at radius 3 is 1.51 bits per heavy atom. The van der Waals surface area contributed by atoms with E-state index in [1.54, 1.807) is 6.07 Å². The fraction of sp³-hybridized carbons (Fsp3) is 0. The first-order valence-electron chi connectivity index (χ1n) is 19.9. The molecule has 49 heavy (non-hydrogen) atoms. The van der Waals surface area contributed by atoms with E-state index < -0.39 is 42.3 Å². The van der Waals surface area contributed by atoms with Crippen LogP contribution in [0.5, 0.6) is 0 Å². The van der Waals surface area contributed by atoms with Crippen LogP contribution in [0.3, 0.4) is 0 Å². The summed E-state index contributed by atoms with van der Waals surface area (Å²) in [7, 11) is 0. The Balaban J connectivity index is 1.22. The van der Waals surface area contributed by atoms with E-state index in [1.807, 2.05) is 103 Å². The summed E-state index contributed by atoms with van der Waals surface area (Å²) < 4.78 is 77.2. The molecule has 3 aromatic heterocycles. The minimum atomic E-state index is -0.556. The molecule has 9 aromatic rings. The van der Waals surface area contributed by atoms with Gasteiger partial charge < -0.3 is 0 Å². The van der Waals surface area contributed by atoms with E-state index in [4.69, 9.17) is 37.3 Å². The van der Waals surface area contributed by atoms with E-state index in [1.165, 1.54) is 0 Å². The van der Waals surface area contributed by atoms with Crippen molar-refractivity contribution >= 4 is 31.6 Å². The molecule has 0 atom stereocenters. The molecule has 0 aliphatic heterocycles. The molecule has 0 unspecified atom stereocenters. The minimum absolute atomic E-state index is 0.0285. The summed E-state index contributed by atoms with van der Waals surface area (Å²) in [5.41, 5.74) is 4.63. The van der Waals surface area contributed by atoms with Crippen molar-refractivity contribution in [2.45, 2.75) is 0 Å². The van der Waals surface area contributed by atoms with Gasteiger partial charge in [-0.05, 0) is 29.3 Å². The fourth-order valence-corrected chi connectivity index (χ4v) is 6.69. The quantitative estimate of drug-likeness (QED) is 0.178. The maximum absolute atomic E-state index is 8.80. The Morgan fingerprint density at radius 1 is 0.408 bits per heavy atom. The standard InChI is InChI=1S/C43H27N5S/c1-4-14-28(15-5-1)37-39-38(35-24-10-11-25-36(35)49-39)45-42(44-37)33-22-12-20-31(26-33)32-21-13-23-34(27-32)43-47-40(29-16-6-2-7-17-29)46-41(48-43)30-18-8-3-9-19-30/h1-27H/i1D,4D,5D,10D,11D,14D,15D,24D,25D. The summed E-state index contributed by atoms with van der Waals surface area (Å²) in [4.78, 5) is 24.3. The van der Waals surface area contributed by atoms with Crippen molar-refractivity contribution in [3.05, 3.63) is 164 Å². The van der Waals surface area contributed by atoms with Crippen molar-refractivity contribution < 1.29 is 12.3 Å². The van der Waals surface area contributed by atoms with E-state index in [0.717, 1.165) is 39.2 Å². The molecule has 0 fully saturated rings. The summed E-state index contributed by atoms with van der Waals surface area (Å²) in [6.07, 6.45) is 0. The highest BCUT2D eigenvalue weighted by Gasteiger charge is 2.17. The van der Waals surface area contributed by atoms with Crippen LogP contribution in [0.4, 0.5) is 0 Å². The molecule has 0 aliphatic rings. The van der Waals surface area contributed by atoms with Crippen LogP contribution < -0.4 is 0 Å². The molecule has 0 saturated carbocycles. The zero-order valence-electron chi connectivity index (χ0n) is 34.5. The Labute approximate surface area is 300 Å². The van der Waals surface area contributed by atoms with E-state index in [-0.39, 0.29) is 49.5 Å². The van der Waals surface area contributed by atoms with Crippen LogP contribution in [-0.2, 0) is 0 Å². The number of aromatic nitrogens is 5. The second kappa shape index (κ2) is 12.3. The predicted molar refractivity (Wildman–Crippen MR) is 201 cm³/mol. The molecule has 0 N–H and O–H groups in total. The van der Waals surface area contributed by atoms with Crippen LogP contribution in [0.25, 0.3) is 88.2 Å². The predicted octanol–water partition coefficient (Wildman–Crippen LogP) is 11.0. The zero-order valence-corrected chi connectivity index (χ0v) is 26.4. The highest BCUT2D eigenvalue weighted by molar-refractivity contribution is 7.26. The second-order valence-corrected chi connectivity index (χ2v) is 12.1. The first kappa shape index (κ1) is 20.8. The van der Waals surface area contributed by atoms with Gasteiger partial charge in [-0.3, -0.25) is 0 Å². The van der Waals surface area contributed by atoms with Gasteiger partial charge >= 0.3 is 0 Å². The molecule has 9 rings (SSSR count). The number of benzene rings is 6. The normalized spacial score (nSPS) is 13.8. The SMILES string of the molecule is [2H]c1c([2H])c([2H])c(-c2nc(-c3cccc(-c4cccc(-c5nc(-c6ccccc6)nc(-c6ccccc6)n5)c4)c3)nc3c2sc2c([2H])c([2H])c([2H])c([2H])c23)c([2H])c1[2H]. The van der Waals surface area contributed by atoms with Gasteiger partial charge in [0.2, 0.25) is 0 Å². The molecule has 230 valence electrons. The van der Waals surface area contributed by atoms with Crippen LogP contribution in [0, 0.1) is 0 Å². The Morgan fingerprint density at radius 2 is 0.898 bits per heavy atom. The van der Waals surface area contributed by atoms with Gasteiger partial charge in [-0.2, -0.15) is 0 Å². The topological polar surface area (TPSA) is 64.5 Å². The minimum Gasteiger partial charge on any atom is -0.226 e. The highest BCUT2D eigenvalue weighted by Crippen LogP contribution is 2.39. The van der Waals surface area contributed by atoms with Crippen molar-refractivity contribution in [3.63, 3.8) is 0 Å². The van der Waals surface area contributed by atoms with Crippen LogP contribution in [-0.4, -0.2) is 24.9 Å². The number of thiophene rings is 1. The van der Waals surface area contributed by atoms with Gasteiger partial charge in [-0.15, -0.1) is 11.3 Å². The van der Waals surface area contributed by atoms with Crippen LogP contribution in [0.2, 0.25) is 0 Å². The maximum atomic E-state index is 8.80. The average Bonchev–Trinajstić information content (AvgIpc) is 3.67. The van der Waals surface area contributed by atoms with Crippen molar-refractivity contribution in [2.75, 3.05) is 0 Å². The molecule has 6 heteroatoms. The van der Waals surface area contributed by atoms with Gasteiger partial charge in [0.25, 0.3) is 0 Å². The summed E-state index contributed by atoms with van der Waals surface area (Å²) in [6, 6.07) is 30.6. The van der Waals surface area contributed by atoms with Gasteiger partial charge in [0, 0.05) is 37.9 Å². The molecule has 0 saturated heterocycles.